The molecule has 1 aromatic carbocycles. The van der Waals surface area contributed by atoms with Crippen LogP contribution in [-0.4, -0.2) is 31.4 Å². The molecule has 0 radical (unpaired) electrons. The lowest BCUT2D eigenvalue weighted by atomic mass is 10.3. The number of carbonyl (C=O) groups is 1. The standard InChI is InChI=1S/C15H16Cl2N2O4S/c1-24(21,22)19(10-12-3-2-8-23-12)7-6-15(20)18-14-9-11(16)4-5-13(14)17/h2-5,8-9H,6-7,10H2,1H3,(H,18,20). The zero-order valence-electron chi connectivity index (χ0n) is 12.8. The molecule has 0 saturated heterocycles. The zero-order valence-corrected chi connectivity index (χ0v) is 15.2. The van der Waals surface area contributed by atoms with Gasteiger partial charge < -0.3 is 9.73 Å². The number of halogens is 2. The molecule has 0 fully saturated rings. The fraction of sp³-hybridized carbons (Fsp3) is 0.267. The Bertz CT molecular complexity index is 807. The molecular formula is C15H16Cl2N2O4S. The van der Waals surface area contributed by atoms with Gasteiger partial charge in [0, 0.05) is 18.0 Å². The topological polar surface area (TPSA) is 79.6 Å². The van der Waals surface area contributed by atoms with Crippen molar-refractivity contribution in [2.24, 2.45) is 0 Å². The lowest BCUT2D eigenvalue weighted by molar-refractivity contribution is -0.116. The molecule has 0 bridgehead atoms. The molecule has 0 aliphatic carbocycles. The molecule has 0 spiro atoms. The molecule has 1 amide bonds. The van der Waals surface area contributed by atoms with Crippen LogP contribution in [0.3, 0.4) is 0 Å². The maximum absolute atomic E-state index is 12.1. The summed E-state index contributed by atoms with van der Waals surface area (Å²) < 4.78 is 30.0. The van der Waals surface area contributed by atoms with Gasteiger partial charge in [0.15, 0.2) is 0 Å². The van der Waals surface area contributed by atoms with Crippen LogP contribution in [0.5, 0.6) is 0 Å². The van der Waals surface area contributed by atoms with Gasteiger partial charge in [-0.05, 0) is 30.3 Å². The summed E-state index contributed by atoms with van der Waals surface area (Å²) in [6, 6.07) is 8.04. The number of benzene rings is 1. The number of furan rings is 1. The fourth-order valence-electron chi connectivity index (χ4n) is 1.97. The van der Waals surface area contributed by atoms with E-state index in [2.05, 4.69) is 5.32 Å². The second-order valence-electron chi connectivity index (χ2n) is 5.10. The lowest BCUT2D eigenvalue weighted by Crippen LogP contribution is -2.32. The van der Waals surface area contributed by atoms with E-state index >= 15 is 0 Å². The molecule has 1 aromatic heterocycles. The van der Waals surface area contributed by atoms with E-state index in [0.29, 0.717) is 21.5 Å². The first-order valence-electron chi connectivity index (χ1n) is 6.98. The average molecular weight is 391 g/mol. The number of carbonyl (C=O) groups excluding carboxylic acids is 1. The molecule has 9 heteroatoms. The van der Waals surface area contributed by atoms with Crippen LogP contribution in [0.25, 0.3) is 0 Å². The van der Waals surface area contributed by atoms with Gasteiger partial charge in [-0.25, -0.2) is 8.42 Å². The van der Waals surface area contributed by atoms with Crippen molar-refractivity contribution in [1.82, 2.24) is 4.31 Å². The summed E-state index contributed by atoms with van der Waals surface area (Å²) in [7, 11) is -3.48. The van der Waals surface area contributed by atoms with Crippen LogP contribution < -0.4 is 5.32 Å². The first-order valence-corrected chi connectivity index (χ1v) is 9.58. The Kier molecular flexibility index (Phi) is 6.28. The molecule has 0 aliphatic heterocycles. The molecule has 0 aliphatic rings. The van der Waals surface area contributed by atoms with Gasteiger partial charge in [-0.2, -0.15) is 4.31 Å². The van der Waals surface area contributed by atoms with Crippen molar-refractivity contribution in [3.8, 4) is 0 Å². The first-order chi connectivity index (χ1) is 11.3. The Morgan fingerprint density at radius 1 is 1.29 bits per heavy atom. The van der Waals surface area contributed by atoms with E-state index in [1.54, 1.807) is 24.3 Å². The Morgan fingerprint density at radius 2 is 2.04 bits per heavy atom. The molecule has 130 valence electrons. The third-order valence-corrected chi connectivity index (χ3v) is 4.99. The van der Waals surface area contributed by atoms with Gasteiger partial charge in [0.2, 0.25) is 15.9 Å². The van der Waals surface area contributed by atoms with E-state index in [4.69, 9.17) is 27.6 Å². The number of hydrogen-bond acceptors (Lipinski definition) is 4. The van der Waals surface area contributed by atoms with Crippen molar-refractivity contribution < 1.29 is 17.6 Å². The molecular weight excluding hydrogens is 375 g/mol. The number of hydrogen-bond donors (Lipinski definition) is 1. The number of amides is 1. The highest BCUT2D eigenvalue weighted by atomic mass is 35.5. The number of sulfonamides is 1. The molecule has 2 aromatic rings. The quantitative estimate of drug-likeness (QED) is 0.785. The largest absolute Gasteiger partial charge is 0.468 e. The van der Waals surface area contributed by atoms with E-state index < -0.39 is 10.0 Å². The Labute approximate surface area is 150 Å². The summed E-state index contributed by atoms with van der Waals surface area (Å²) in [5.41, 5.74) is 0.381. The van der Waals surface area contributed by atoms with E-state index in [1.165, 1.54) is 16.6 Å². The maximum Gasteiger partial charge on any atom is 0.225 e. The Balaban J connectivity index is 1.98. The van der Waals surface area contributed by atoms with E-state index in [-0.39, 0.29) is 25.4 Å². The summed E-state index contributed by atoms with van der Waals surface area (Å²) in [4.78, 5) is 12.1. The second-order valence-corrected chi connectivity index (χ2v) is 7.92. The summed E-state index contributed by atoms with van der Waals surface area (Å²) >= 11 is 11.8. The van der Waals surface area contributed by atoms with Crippen LogP contribution in [0, 0.1) is 0 Å². The highest BCUT2D eigenvalue weighted by Gasteiger charge is 2.19. The predicted molar refractivity (Wildman–Crippen MR) is 93.7 cm³/mol. The fourth-order valence-corrected chi connectivity index (χ4v) is 3.09. The minimum Gasteiger partial charge on any atom is -0.468 e. The van der Waals surface area contributed by atoms with E-state index in [9.17, 15) is 13.2 Å². The van der Waals surface area contributed by atoms with Gasteiger partial charge >= 0.3 is 0 Å². The monoisotopic (exact) mass is 390 g/mol. The van der Waals surface area contributed by atoms with Crippen LogP contribution >= 0.6 is 23.2 Å². The molecule has 0 atom stereocenters. The summed E-state index contributed by atoms with van der Waals surface area (Å²) in [5, 5.41) is 3.40. The maximum atomic E-state index is 12.1. The molecule has 1 N–H and O–H groups in total. The van der Waals surface area contributed by atoms with Gasteiger partial charge in [0.25, 0.3) is 0 Å². The van der Waals surface area contributed by atoms with Crippen LogP contribution in [-0.2, 0) is 21.4 Å². The highest BCUT2D eigenvalue weighted by molar-refractivity contribution is 7.88. The molecule has 2 rings (SSSR count). The summed E-state index contributed by atoms with van der Waals surface area (Å²) in [5.74, 6) is 0.131. The number of nitrogens with zero attached hydrogens (tertiary/aromatic N) is 1. The van der Waals surface area contributed by atoms with Gasteiger partial charge in [-0.3, -0.25) is 4.79 Å². The smallest absolute Gasteiger partial charge is 0.225 e. The van der Waals surface area contributed by atoms with E-state index in [1.807, 2.05) is 0 Å². The third kappa shape index (κ3) is 5.52. The molecule has 6 nitrogen and oxygen atoms in total. The Morgan fingerprint density at radius 3 is 2.67 bits per heavy atom. The second kappa shape index (κ2) is 8.02. The molecule has 0 unspecified atom stereocenters. The molecule has 1 heterocycles. The average Bonchev–Trinajstić information content (AvgIpc) is 2.99. The summed E-state index contributed by atoms with van der Waals surface area (Å²) in [6.07, 6.45) is 2.52. The van der Waals surface area contributed by atoms with Crippen molar-refractivity contribution in [2.45, 2.75) is 13.0 Å². The van der Waals surface area contributed by atoms with Gasteiger partial charge in [0.05, 0.1) is 29.8 Å². The van der Waals surface area contributed by atoms with Crippen molar-refractivity contribution in [3.05, 3.63) is 52.4 Å². The van der Waals surface area contributed by atoms with Crippen LogP contribution in [0.1, 0.15) is 12.2 Å². The van der Waals surface area contributed by atoms with Gasteiger partial charge in [-0.1, -0.05) is 23.2 Å². The SMILES string of the molecule is CS(=O)(=O)N(CCC(=O)Nc1cc(Cl)ccc1Cl)Cc1ccco1. The first kappa shape index (κ1) is 18.8. The van der Waals surface area contributed by atoms with Crippen LogP contribution in [0.4, 0.5) is 5.69 Å². The van der Waals surface area contributed by atoms with Crippen molar-refractivity contribution in [3.63, 3.8) is 0 Å². The number of rotatable bonds is 7. The normalized spacial score (nSPS) is 11.7. The highest BCUT2D eigenvalue weighted by Crippen LogP contribution is 2.25. The van der Waals surface area contributed by atoms with Gasteiger partial charge in [-0.15, -0.1) is 0 Å². The zero-order chi connectivity index (χ0) is 17.7. The minimum atomic E-state index is -3.48. The number of nitrogens with one attached hydrogen (secondary N) is 1. The summed E-state index contributed by atoms with van der Waals surface area (Å²) in [6.45, 7) is 0.0839. The Hall–Kier alpha value is -1.54. The van der Waals surface area contributed by atoms with Crippen molar-refractivity contribution in [2.75, 3.05) is 18.1 Å². The van der Waals surface area contributed by atoms with Gasteiger partial charge in [0.1, 0.15) is 5.76 Å². The number of anilines is 1. The van der Waals surface area contributed by atoms with Crippen molar-refractivity contribution in [1.29, 1.82) is 0 Å². The van der Waals surface area contributed by atoms with Crippen LogP contribution in [0.15, 0.2) is 41.0 Å². The third-order valence-electron chi connectivity index (χ3n) is 3.17. The predicted octanol–water partition coefficient (Wildman–Crippen LogP) is 3.38. The lowest BCUT2D eigenvalue weighted by Gasteiger charge is -2.18. The molecule has 24 heavy (non-hydrogen) atoms. The minimum absolute atomic E-state index is 0.0174. The molecule has 0 saturated carbocycles. The van der Waals surface area contributed by atoms with E-state index in [0.717, 1.165) is 6.26 Å². The van der Waals surface area contributed by atoms with Crippen molar-refractivity contribution >= 4 is 44.8 Å². The van der Waals surface area contributed by atoms with Crippen LogP contribution in [0.2, 0.25) is 10.0 Å².